The second kappa shape index (κ2) is 11.0. The maximum absolute atomic E-state index is 12.4. The van der Waals surface area contributed by atoms with Gasteiger partial charge in [-0.1, -0.05) is 44.3 Å². The fraction of sp³-hybridized carbons (Fsp3) is 0.733. The number of allylic oxidation sites excluding steroid dienone is 2. The Balaban J connectivity index is 1.36. The lowest BCUT2D eigenvalue weighted by Gasteiger charge is -2.58. The molecule has 0 spiro atoms. The highest BCUT2D eigenvalue weighted by molar-refractivity contribution is 5.96. The molecule has 3 fully saturated rings. The molecular formula is C30H43N3O6. The molecule has 39 heavy (non-hydrogen) atoms. The third-order valence-electron chi connectivity index (χ3n) is 10.4. The summed E-state index contributed by atoms with van der Waals surface area (Å²) in [5, 5.41) is 29.1. The van der Waals surface area contributed by atoms with E-state index in [0.29, 0.717) is 24.2 Å². The summed E-state index contributed by atoms with van der Waals surface area (Å²) in [5.41, 5.74) is 1.10. The molecule has 214 valence electrons. The second-order valence-electron chi connectivity index (χ2n) is 12.8. The molecule has 3 saturated carbocycles. The highest BCUT2D eigenvalue weighted by atomic mass is 16.6. The van der Waals surface area contributed by atoms with E-state index < -0.39 is 36.0 Å². The van der Waals surface area contributed by atoms with E-state index in [2.05, 4.69) is 41.6 Å². The van der Waals surface area contributed by atoms with E-state index in [1.165, 1.54) is 5.57 Å². The van der Waals surface area contributed by atoms with Gasteiger partial charge in [-0.2, -0.15) is 0 Å². The van der Waals surface area contributed by atoms with Gasteiger partial charge in [-0.05, 0) is 86.5 Å². The van der Waals surface area contributed by atoms with Crippen LogP contribution in [0.5, 0.6) is 0 Å². The van der Waals surface area contributed by atoms with Crippen molar-refractivity contribution in [3.05, 3.63) is 11.6 Å². The fourth-order valence-electron chi connectivity index (χ4n) is 8.09. The molecule has 9 nitrogen and oxygen atoms in total. The van der Waals surface area contributed by atoms with Crippen LogP contribution in [0.4, 0.5) is 0 Å². The van der Waals surface area contributed by atoms with Crippen LogP contribution >= 0.6 is 0 Å². The lowest BCUT2D eigenvalue weighted by atomic mass is 9.46. The van der Waals surface area contributed by atoms with E-state index in [4.69, 9.17) is 16.4 Å². The van der Waals surface area contributed by atoms with Gasteiger partial charge >= 0.3 is 5.97 Å². The van der Waals surface area contributed by atoms with Gasteiger partial charge < -0.3 is 25.7 Å². The first-order chi connectivity index (χ1) is 18.3. The molecule has 2 amide bonds. The van der Waals surface area contributed by atoms with Crippen molar-refractivity contribution < 1.29 is 29.4 Å². The Morgan fingerprint density at radius 3 is 2.54 bits per heavy atom. The molecule has 0 saturated heterocycles. The van der Waals surface area contributed by atoms with Gasteiger partial charge in [-0.15, -0.1) is 6.42 Å². The largest absolute Gasteiger partial charge is 0.480 e. The quantitative estimate of drug-likeness (QED) is 0.275. The van der Waals surface area contributed by atoms with Crippen molar-refractivity contribution in [2.45, 2.75) is 90.7 Å². The van der Waals surface area contributed by atoms with Gasteiger partial charge in [-0.3, -0.25) is 14.4 Å². The SMILES string of the molecule is C#C[C@@]1(O)CC[C@H]2[C@@H]3CCC4=C/C(=N\OCC(=O)N[C@H](C(=O)NCC(=O)O)C(C)C)CC[C@]4(C)[C@H]3CC[C@@]21C. The molecule has 0 radical (unpaired) electrons. The molecule has 7 atom stereocenters. The predicted octanol–water partition coefficient (Wildman–Crippen LogP) is 3.03. The number of fused-ring (bicyclic) bond motifs is 5. The Hall–Kier alpha value is -2.86. The summed E-state index contributed by atoms with van der Waals surface area (Å²) in [5.74, 6) is 1.90. The van der Waals surface area contributed by atoms with E-state index in [1.54, 1.807) is 13.8 Å². The maximum Gasteiger partial charge on any atom is 0.322 e. The van der Waals surface area contributed by atoms with Gasteiger partial charge in [0.2, 0.25) is 5.91 Å². The normalized spacial score (nSPS) is 37.0. The molecule has 4 N–H and O–H groups in total. The molecule has 0 unspecified atom stereocenters. The molecule has 9 heteroatoms. The summed E-state index contributed by atoms with van der Waals surface area (Å²) in [6, 6.07) is -0.866. The lowest BCUT2D eigenvalue weighted by molar-refractivity contribution is -0.138. The molecule has 0 bridgehead atoms. The number of hydrogen-bond acceptors (Lipinski definition) is 6. The van der Waals surface area contributed by atoms with Crippen molar-refractivity contribution in [3.8, 4) is 12.3 Å². The monoisotopic (exact) mass is 541 g/mol. The Morgan fingerprint density at radius 2 is 1.87 bits per heavy atom. The van der Waals surface area contributed by atoms with Crippen LogP contribution in [0.3, 0.4) is 0 Å². The zero-order valence-corrected chi connectivity index (χ0v) is 23.6. The van der Waals surface area contributed by atoms with Crippen LogP contribution in [0.15, 0.2) is 16.8 Å². The summed E-state index contributed by atoms with van der Waals surface area (Å²) in [6.45, 7) is 7.28. The van der Waals surface area contributed by atoms with Crippen molar-refractivity contribution in [1.29, 1.82) is 0 Å². The Morgan fingerprint density at radius 1 is 1.15 bits per heavy atom. The van der Waals surface area contributed by atoms with Crippen LogP contribution in [0.25, 0.3) is 0 Å². The zero-order valence-electron chi connectivity index (χ0n) is 23.6. The van der Waals surface area contributed by atoms with Crippen molar-refractivity contribution in [3.63, 3.8) is 0 Å². The Bertz CT molecular complexity index is 1110. The van der Waals surface area contributed by atoms with Gasteiger partial charge in [0, 0.05) is 5.41 Å². The first kappa shape index (κ1) is 29.1. The van der Waals surface area contributed by atoms with Gasteiger partial charge in [0.25, 0.3) is 5.91 Å². The first-order valence-electron chi connectivity index (χ1n) is 14.2. The van der Waals surface area contributed by atoms with Crippen LogP contribution in [-0.2, 0) is 19.2 Å². The van der Waals surface area contributed by atoms with E-state index >= 15 is 0 Å². The number of amides is 2. The molecule has 4 rings (SSSR count). The standard InChI is InChI=1S/C30H43N3O6/c1-6-30(38)14-11-23-21-8-7-19-15-20(9-12-28(19,4)22(21)10-13-29(23,30)5)33-39-17-24(34)32-26(18(2)3)27(37)31-16-25(35)36/h1,15,18,21-23,26,38H,7-14,16-17H2,2-5H3,(H,31,37)(H,32,34)(H,35,36)/b33-20-/t21-,22+,23+,26+,28+,29+,30-/m1/s1. The molecule has 0 aromatic rings. The van der Waals surface area contributed by atoms with E-state index in [-0.39, 0.29) is 23.4 Å². The van der Waals surface area contributed by atoms with E-state index in [1.807, 2.05) is 0 Å². The molecule has 4 aliphatic carbocycles. The average molecular weight is 542 g/mol. The van der Waals surface area contributed by atoms with Crippen molar-refractivity contribution in [2.24, 2.45) is 39.7 Å². The van der Waals surface area contributed by atoms with E-state index in [9.17, 15) is 19.5 Å². The summed E-state index contributed by atoms with van der Waals surface area (Å²) in [6.07, 6.45) is 15.5. The lowest BCUT2D eigenvalue weighted by Crippen LogP contribution is -2.54. The van der Waals surface area contributed by atoms with Crippen molar-refractivity contribution in [1.82, 2.24) is 10.6 Å². The predicted molar refractivity (Wildman–Crippen MR) is 146 cm³/mol. The van der Waals surface area contributed by atoms with Crippen LogP contribution in [0.1, 0.15) is 79.1 Å². The summed E-state index contributed by atoms with van der Waals surface area (Å²) in [7, 11) is 0. The highest BCUT2D eigenvalue weighted by Crippen LogP contribution is 2.67. The van der Waals surface area contributed by atoms with Crippen molar-refractivity contribution in [2.75, 3.05) is 13.2 Å². The number of terminal acetylenes is 1. The summed E-state index contributed by atoms with van der Waals surface area (Å²) in [4.78, 5) is 40.8. The molecule has 0 heterocycles. The maximum atomic E-state index is 12.4. The molecule has 4 aliphatic rings. The van der Waals surface area contributed by atoms with Gasteiger partial charge in [0.1, 0.15) is 18.2 Å². The van der Waals surface area contributed by atoms with Crippen LogP contribution in [0, 0.1) is 46.8 Å². The third-order valence-corrected chi connectivity index (χ3v) is 10.4. The number of carbonyl (C=O) groups excluding carboxylic acids is 2. The van der Waals surface area contributed by atoms with Gasteiger partial charge in [-0.25, -0.2) is 0 Å². The number of aliphatic carboxylic acids is 1. The van der Waals surface area contributed by atoms with Gasteiger partial charge in [0.15, 0.2) is 6.61 Å². The molecule has 0 aromatic carbocycles. The first-order valence-corrected chi connectivity index (χ1v) is 14.2. The zero-order chi connectivity index (χ0) is 28.6. The Kier molecular flexibility index (Phi) is 8.18. The number of hydrogen-bond donors (Lipinski definition) is 4. The fourth-order valence-corrected chi connectivity index (χ4v) is 8.09. The highest BCUT2D eigenvalue weighted by Gasteiger charge is 2.63. The van der Waals surface area contributed by atoms with Crippen LogP contribution in [0.2, 0.25) is 0 Å². The molecule has 0 aliphatic heterocycles. The minimum absolute atomic E-state index is 0.0886. The third kappa shape index (κ3) is 5.32. The molecular weight excluding hydrogens is 498 g/mol. The number of oxime groups is 1. The second-order valence-corrected chi connectivity index (χ2v) is 12.8. The van der Waals surface area contributed by atoms with Crippen LogP contribution in [-0.4, -0.2) is 58.5 Å². The number of nitrogens with one attached hydrogen (secondary N) is 2. The summed E-state index contributed by atoms with van der Waals surface area (Å²) < 4.78 is 0. The molecule has 0 aromatic heterocycles. The van der Waals surface area contributed by atoms with E-state index in [0.717, 1.165) is 50.7 Å². The van der Waals surface area contributed by atoms with Crippen LogP contribution < -0.4 is 10.6 Å². The Labute approximate surface area is 231 Å². The average Bonchev–Trinajstić information content (AvgIpc) is 3.16. The number of carbonyl (C=O) groups is 3. The number of carboxylic acid groups (broad SMARTS) is 1. The minimum Gasteiger partial charge on any atom is -0.480 e. The van der Waals surface area contributed by atoms with Crippen molar-refractivity contribution >= 4 is 23.5 Å². The smallest absolute Gasteiger partial charge is 0.322 e. The topological polar surface area (TPSA) is 137 Å². The van der Waals surface area contributed by atoms with Gasteiger partial charge in [0.05, 0.1) is 5.71 Å². The number of rotatable bonds is 8. The minimum atomic E-state index is -1.15. The summed E-state index contributed by atoms with van der Waals surface area (Å²) >= 11 is 0. The number of aliphatic hydroxyl groups is 1. The number of nitrogens with zero attached hydrogens (tertiary/aromatic N) is 1. The number of carboxylic acids is 1.